The third-order valence-electron chi connectivity index (χ3n) is 3.67. The number of methoxy groups -OCH3 is 1. The molecule has 1 N–H and O–H groups in total. The molecule has 0 atom stereocenters. The van der Waals surface area contributed by atoms with Crippen molar-refractivity contribution in [1.29, 1.82) is 0 Å². The predicted molar refractivity (Wildman–Crippen MR) is 91.7 cm³/mol. The van der Waals surface area contributed by atoms with Crippen LogP contribution in [0.15, 0.2) is 59.1 Å². The molecule has 132 valence electrons. The number of aromatic nitrogens is 1. The predicted octanol–water partition coefficient (Wildman–Crippen LogP) is 3.05. The molecule has 0 radical (unpaired) electrons. The van der Waals surface area contributed by atoms with Crippen LogP contribution in [-0.2, 0) is 9.53 Å². The summed E-state index contributed by atoms with van der Waals surface area (Å²) in [6.07, 6.45) is 1.40. The number of ether oxygens (including phenoxy) is 1. The van der Waals surface area contributed by atoms with Crippen LogP contribution in [0.5, 0.6) is 0 Å². The van der Waals surface area contributed by atoms with Crippen LogP contribution in [0.2, 0.25) is 0 Å². The highest BCUT2D eigenvalue weighted by atomic mass is 19.1. The maximum atomic E-state index is 13.9. The van der Waals surface area contributed by atoms with Crippen molar-refractivity contribution < 1.29 is 23.1 Å². The van der Waals surface area contributed by atoms with E-state index >= 15 is 0 Å². The highest BCUT2D eigenvalue weighted by Gasteiger charge is 2.18. The molecule has 0 bridgehead atoms. The number of esters is 1. The Labute approximate surface area is 148 Å². The fourth-order valence-corrected chi connectivity index (χ4v) is 2.37. The van der Waals surface area contributed by atoms with Crippen LogP contribution in [-0.4, -0.2) is 30.5 Å². The van der Waals surface area contributed by atoms with Gasteiger partial charge in [0.05, 0.1) is 24.4 Å². The number of nitrogens with zero attached hydrogens (tertiary/aromatic N) is 1. The minimum absolute atomic E-state index is 0.173. The molecule has 0 aliphatic carbocycles. The van der Waals surface area contributed by atoms with Crippen molar-refractivity contribution in [3.8, 4) is 22.8 Å². The summed E-state index contributed by atoms with van der Waals surface area (Å²) >= 11 is 0. The summed E-state index contributed by atoms with van der Waals surface area (Å²) in [6, 6.07) is 12.8. The zero-order valence-corrected chi connectivity index (χ0v) is 13.9. The normalized spacial score (nSPS) is 10.4. The fraction of sp³-hybridized carbons (Fsp3) is 0.105. The maximum Gasteiger partial charge on any atom is 0.325 e. The molecule has 7 heteroatoms. The first kappa shape index (κ1) is 17.3. The highest BCUT2D eigenvalue weighted by molar-refractivity contribution is 6.01. The molecular formula is C19H15FN2O4. The smallest absolute Gasteiger partial charge is 0.325 e. The Morgan fingerprint density at radius 2 is 1.81 bits per heavy atom. The van der Waals surface area contributed by atoms with E-state index in [-0.39, 0.29) is 29.3 Å². The molecule has 1 amide bonds. The Morgan fingerprint density at radius 1 is 1.12 bits per heavy atom. The van der Waals surface area contributed by atoms with Gasteiger partial charge in [-0.3, -0.25) is 9.59 Å². The van der Waals surface area contributed by atoms with Gasteiger partial charge in [0, 0.05) is 5.56 Å². The number of nitrogens with one attached hydrogen (secondary N) is 1. The third-order valence-corrected chi connectivity index (χ3v) is 3.67. The van der Waals surface area contributed by atoms with Gasteiger partial charge in [0.15, 0.2) is 5.76 Å². The molecule has 1 heterocycles. The summed E-state index contributed by atoms with van der Waals surface area (Å²) in [5.41, 5.74) is 0.981. The number of amides is 1. The van der Waals surface area contributed by atoms with Gasteiger partial charge in [-0.1, -0.05) is 24.3 Å². The Hall–Kier alpha value is -3.48. The van der Waals surface area contributed by atoms with Crippen LogP contribution in [0.3, 0.4) is 0 Å². The fourth-order valence-electron chi connectivity index (χ4n) is 2.37. The van der Waals surface area contributed by atoms with E-state index in [1.54, 1.807) is 42.5 Å². The van der Waals surface area contributed by atoms with E-state index in [0.29, 0.717) is 5.56 Å². The van der Waals surface area contributed by atoms with Crippen molar-refractivity contribution in [1.82, 2.24) is 10.3 Å². The van der Waals surface area contributed by atoms with Gasteiger partial charge < -0.3 is 14.5 Å². The number of halogens is 1. The van der Waals surface area contributed by atoms with Crippen LogP contribution in [0.1, 0.15) is 10.4 Å². The molecule has 26 heavy (non-hydrogen) atoms. The second-order valence-electron chi connectivity index (χ2n) is 5.31. The Kier molecular flexibility index (Phi) is 5.07. The van der Waals surface area contributed by atoms with E-state index in [9.17, 15) is 14.0 Å². The van der Waals surface area contributed by atoms with Gasteiger partial charge in [-0.05, 0) is 24.3 Å². The Balaban J connectivity index is 1.90. The Morgan fingerprint density at radius 3 is 2.54 bits per heavy atom. The number of oxazole rings is 1. The number of hydrogen-bond donors (Lipinski definition) is 1. The van der Waals surface area contributed by atoms with Crippen LogP contribution in [0.4, 0.5) is 4.39 Å². The molecule has 0 aliphatic rings. The van der Waals surface area contributed by atoms with E-state index in [0.717, 1.165) is 0 Å². The zero-order valence-electron chi connectivity index (χ0n) is 13.9. The summed E-state index contributed by atoms with van der Waals surface area (Å²) in [5, 5.41) is 2.46. The second-order valence-corrected chi connectivity index (χ2v) is 5.31. The summed E-state index contributed by atoms with van der Waals surface area (Å²) in [5.74, 6) is -1.04. The van der Waals surface area contributed by atoms with Crippen molar-refractivity contribution in [2.24, 2.45) is 0 Å². The van der Waals surface area contributed by atoms with Crippen molar-refractivity contribution >= 4 is 11.9 Å². The number of carbonyl (C=O) groups is 2. The molecule has 3 rings (SSSR count). The van der Waals surface area contributed by atoms with Crippen LogP contribution >= 0.6 is 0 Å². The van der Waals surface area contributed by atoms with Gasteiger partial charge in [-0.25, -0.2) is 9.37 Å². The van der Waals surface area contributed by atoms with Gasteiger partial charge >= 0.3 is 5.97 Å². The molecule has 1 aromatic heterocycles. The molecule has 0 aliphatic heterocycles. The average Bonchev–Trinajstić information content (AvgIpc) is 3.16. The largest absolute Gasteiger partial charge is 0.468 e. The summed E-state index contributed by atoms with van der Waals surface area (Å²) < 4.78 is 24.1. The first-order chi connectivity index (χ1) is 12.6. The molecule has 6 nitrogen and oxygen atoms in total. The van der Waals surface area contributed by atoms with Crippen LogP contribution in [0.25, 0.3) is 22.8 Å². The Bertz CT molecular complexity index is 952. The first-order valence-electron chi connectivity index (χ1n) is 7.75. The van der Waals surface area contributed by atoms with E-state index in [1.165, 1.54) is 19.4 Å². The summed E-state index contributed by atoms with van der Waals surface area (Å²) in [6.45, 7) is -0.254. The summed E-state index contributed by atoms with van der Waals surface area (Å²) in [7, 11) is 1.24. The molecular weight excluding hydrogens is 339 g/mol. The summed E-state index contributed by atoms with van der Waals surface area (Å²) in [4.78, 5) is 27.7. The van der Waals surface area contributed by atoms with Crippen molar-refractivity contribution in [2.45, 2.75) is 0 Å². The topological polar surface area (TPSA) is 81.4 Å². The van der Waals surface area contributed by atoms with Gasteiger partial charge in [0.1, 0.15) is 12.4 Å². The second kappa shape index (κ2) is 7.60. The van der Waals surface area contributed by atoms with Gasteiger partial charge in [0.25, 0.3) is 5.91 Å². The molecule has 0 spiro atoms. The quantitative estimate of drug-likeness (QED) is 0.712. The lowest BCUT2D eigenvalue weighted by Crippen LogP contribution is -2.30. The maximum absolute atomic E-state index is 13.9. The van der Waals surface area contributed by atoms with Crippen LogP contribution < -0.4 is 5.32 Å². The number of hydrogen-bond acceptors (Lipinski definition) is 5. The number of rotatable bonds is 5. The lowest BCUT2D eigenvalue weighted by Gasteiger charge is -2.07. The molecule has 0 saturated heterocycles. The lowest BCUT2D eigenvalue weighted by molar-refractivity contribution is -0.139. The number of carbonyl (C=O) groups excluding carboxylic acids is 2. The van der Waals surface area contributed by atoms with E-state index in [4.69, 9.17) is 4.42 Å². The number of benzene rings is 2. The molecule has 0 fully saturated rings. The van der Waals surface area contributed by atoms with E-state index < -0.39 is 17.7 Å². The van der Waals surface area contributed by atoms with Gasteiger partial charge in [-0.15, -0.1) is 0 Å². The van der Waals surface area contributed by atoms with Crippen molar-refractivity contribution in [3.63, 3.8) is 0 Å². The molecule has 0 unspecified atom stereocenters. The van der Waals surface area contributed by atoms with Crippen molar-refractivity contribution in [3.05, 3.63) is 66.1 Å². The monoisotopic (exact) mass is 354 g/mol. The van der Waals surface area contributed by atoms with E-state index in [2.05, 4.69) is 15.0 Å². The SMILES string of the molecule is COC(=O)CNC(=O)c1ccccc1-c1ncc(-c2ccccc2F)o1. The third kappa shape index (κ3) is 3.61. The zero-order chi connectivity index (χ0) is 18.5. The minimum atomic E-state index is -0.561. The average molecular weight is 354 g/mol. The molecule has 3 aromatic rings. The van der Waals surface area contributed by atoms with E-state index in [1.807, 2.05) is 0 Å². The molecule has 2 aromatic carbocycles. The minimum Gasteiger partial charge on any atom is -0.468 e. The van der Waals surface area contributed by atoms with Crippen molar-refractivity contribution in [2.75, 3.05) is 13.7 Å². The van der Waals surface area contributed by atoms with Gasteiger partial charge in [-0.2, -0.15) is 0 Å². The van der Waals surface area contributed by atoms with Gasteiger partial charge in [0.2, 0.25) is 5.89 Å². The first-order valence-corrected chi connectivity index (χ1v) is 7.75. The molecule has 0 saturated carbocycles. The van der Waals surface area contributed by atoms with Crippen LogP contribution in [0, 0.1) is 5.82 Å². The standard InChI is InChI=1S/C19H15FN2O4/c1-25-17(23)11-21-18(24)12-6-2-3-7-13(12)19-22-10-16(26-19)14-8-4-5-9-15(14)20/h2-10H,11H2,1H3,(H,21,24). The highest BCUT2D eigenvalue weighted by Crippen LogP contribution is 2.29. The lowest BCUT2D eigenvalue weighted by atomic mass is 10.1.